The Bertz CT molecular complexity index is 974. The van der Waals surface area contributed by atoms with Crippen molar-refractivity contribution in [2.24, 2.45) is 0 Å². The molecule has 2 aromatic rings. The van der Waals surface area contributed by atoms with Gasteiger partial charge in [-0.05, 0) is 30.3 Å². The van der Waals surface area contributed by atoms with E-state index in [0.717, 1.165) is 15.4 Å². The predicted octanol–water partition coefficient (Wildman–Crippen LogP) is 2.98. The normalized spacial score (nSPS) is 11.3. The van der Waals surface area contributed by atoms with Gasteiger partial charge in [-0.2, -0.15) is 9.78 Å². The van der Waals surface area contributed by atoms with E-state index in [1.54, 1.807) is 30.7 Å². The number of aromatic nitrogens is 4. The van der Waals surface area contributed by atoms with Crippen molar-refractivity contribution < 1.29 is 0 Å². The van der Waals surface area contributed by atoms with E-state index in [-0.39, 0.29) is 5.56 Å². The van der Waals surface area contributed by atoms with E-state index in [2.05, 4.69) is 31.0 Å². The van der Waals surface area contributed by atoms with Gasteiger partial charge in [0.2, 0.25) is 0 Å². The summed E-state index contributed by atoms with van der Waals surface area (Å²) in [5, 5.41) is 5.40. The number of benzene rings is 1. The Hall–Kier alpha value is -2.47. The van der Waals surface area contributed by atoms with Crippen molar-refractivity contribution >= 4 is 26.8 Å². The quantitative estimate of drug-likeness (QED) is 0.579. The highest BCUT2D eigenvalue weighted by atomic mass is 79.9. The summed E-state index contributed by atoms with van der Waals surface area (Å²) in [6, 6.07) is 9.36. The minimum atomic E-state index is -0.141. The maximum atomic E-state index is 12.5. The lowest BCUT2D eigenvalue weighted by atomic mass is 10.1. The molecule has 0 unspecified atom stereocenters. The minimum Gasteiger partial charge on any atom is -0.360 e. The monoisotopic (exact) mass is 340 g/mol. The summed E-state index contributed by atoms with van der Waals surface area (Å²) in [6.45, 7) is 0. The summed E-state index contributed by atoms with van der Waals surface area (Å²) in [5.74, 6) is 0. The van der Waals surface area contributed by atoms with Gasteiger partial charge in [-0.15, -0.1) is 0 Å². The van der Waals surface area contributed by atoms with Crippen LogP contribution in [-0.4, -0.2) is 19.7 Å². The highest BCUT2D eigenvalue weighted by molar-refractivity contribution is 9.10. The summed E-state index contributed by atoms with van der Waals surface area (Å²) in [4.78, 5) is 19.6. The van der Waals surface area contributed by atoms with Gasteiger partial charge in [0.05, 0.1) is 11.3 Å². The molecule has 1 N–H and O–H groups in total. The van der Waals surface area contributed by atoms with Gasteiger partial charge in [0, 0.05) is 34.0 Å². The van der Waals surface area contributed by atoms with Gasteiger partial charge in [-0.25, -0.2) is 0 Å². The molecule has 0 saturated carbocycles. The van der Waals surface area contributed by atoms with Gasteiger partial charge in [0.25, 0.3) is 5.56 Å². The molecule has 0 radical (unpaired) electrons. The average Bonchev–Trinajstić information content (AvgIpc) is 2.85. The molecule has 2 aliphatic rings. The zero-order valence-electron chi connectivity index (χ0n) is 10.7. The molecule has 4 rings (SSSR count). The fraction of sp³-hybridized carbons (Fsp3) is 0. The summed E-state index contributed by atoms with van der Waals surface area (Å²) in [5.41, 5.74) is 2.75. The number of hydrogen-bond acceptors (Lipinski definition) is 3. The number of nitrogens with one attached hydrogen (secondary N) is 1. The van der Waals surface area contributed by atoms with Gasteiger partial charge in [0.1, 0.15) is 5.69 Å². The third-order valence-electron chi connectivity index (χ3n) is 3.39. The van der Waals surface area contributed by atoms with E-state index >= 15 is 0 Å². The molecule has 0 amide bonds. The molecular weight excluding hydrogens is 332 g/mol. The van der Waals surface area contributed by atoms with E-state index in [1.807, 2.05) is 18.2 Å². The van der Waals surface area contributed by atoms with Gasteiger partial charge >= 0.3 is 0 Å². The maximum absolute atomic E-state index is 12.5. The summed E-state index contributed by atoms with van der Waals surface area (Å²) >= 11 is 3.44. The van der Waals surface area contributed by atoms with E-state index < -0.39 is 0 Å². The number of aromatic amines is 1. The van der Waals surface area contributed by atoms with Crippen molar-refractivity contribution in [1.29, 1.82) is 0 Å². The first-order valence-corrected chi connectivity index (χ1v) is 7.13. The minimum absolute atomic E-state index is 0.141. The Labute approximate surface area is 127 Å². The van der Waals surface area contributed by atoms with Crippen LogP contribution in [0.5, 0.6) is 0 Å². The summed E-state index contributed by atoms with van der Waals surface area (Å²) in [7, 11) is 0. The second kappa shape index (κ2) is 4.53. The first kappa shape index (κ1) is 12.3. The molecule has 21 heavy (non-hydrogen) atoms. The van der Waals surface area contributed by atoms with E-state index in [9.17, 15) is 4.79 Å². The highest BCUT2D eigenvalue weighted by Gasteiger charge is 2.18. The molecule has 0 saturated heterocycles. The maximum Gasteiger partial charge on any atom is 0.282 e. The third kappa shape index (κ3) is 1.87. The predicted molar refractivity (Wildman–Crippen MR) is 83.8 cm³/mol. The standard InChI is InChI=1S/C15H9BrN4O/c16-9-1-2-11-13(7-9)18-8-12-14(11)19-20(15(12)21)10-3-5-17-6-4-10/h1-8,18H. The van der Waals surface area contributed by atoms with Crippen LogP contribution >= 0.6 is 15.9 Å². The smallest absolute Gasteiger partial charge is 0.282 e. The first-order chi connectivity index (χ1) is 10.2. The lowest BCUT2D eigenvalue weighted by molar-refractivity contribution is 0.856. The molecule has 1 aromatic heterocycles. The van der Waals surface area contributed by atoms with Gasteiger partial charge < -0.3 is 4.98 Å². The lowest BCUT2D eigenvalue weighted by Gasteiger charge is -2.02. The lowest BCUT2D eigenvalue weighted by Crippen LogP contribution is -2.14. The van der Waals surface area contributed by atoms with Crippen molar-refractivity contribution in [3.8, 4) is 16.9 Å². The SMILES string of the molecule is O=c1c2c[nH]c3cc(Br)ccc3c-2nn1-c1ccncc1. The molecule has 2 aliphatic heterocycles. The Balaban J connectivity index is 2.08. The van der Waals surface area contributed by atoms with Crippen LogP contribution in [0.15, 0.2) is 58.2 Å². The zero-order valence-corrected chi connectivity index (χ0v) is 12.3. The van der Waals surface area contributed by atoms with E-state index in [0.29, 0.717) is 16.9 Å². The number of H-pyrrole nitrogens is 1. The van der Waals surface area contributed by atoms with Crippen molar-refractivity contribution in [1.82, 2.24) is 19.7 Å². The van der Waals surface area contributed by atoms with Gasteiger partial charge in [0.15, 0.2) is 0 Å². The molecule has 0 atom stereocenters. The first-order valence-electron chi connectivity index (χ1n) is 6.34. The molecule has 0 fully saturated rings. The van der Waals surface area contributed by atoms with Crippen molar-refractivity contribution in [2.75, 3.05) is 0 Å². The number of fused-ring (bicyclic) bond motifs is 3. The molecule has 0 aliphatic carbocycles. The Morgan fingerprint density at radius 2 is 1.95 bits per heavy atom. The van der Waals surface area contributed by atoms with E-state index in [4.69, 9.17) is 0 Å². The van der Waals surface area contributed by atoms with Crippen LogP contribution < -0.4 is 5.56 Å². The Kier molecular flexibility index (Phi) is 2.65. The van der Waals surface area contributed by atoms with Gasteiger partial charge in [-0.1, -0.05) is 15.9 Å². The zero-order chi connectivity index (χ0) is 14.4. The number of hydrogen-bond donors (Lipinski definition) is 1. The van der Waals surface area contributed by atoms with Crippen molar-refractivity contribution in [3.05, 3.63) is 63.7 Å². The Morgan fingerprint density at radius 1 is 1.14 bits per heavy atom. The molecular formula is C15H9BrN4O. The fourth-order valence-corrected chi connectivity index (χ4v) is 2.76. The van der Waals surface area contributed by atoms with Crippen molar-refractivity contribution in [3.63, 3.8) is 0 Å². The van der Waals surface area contributed by atoms with Crippen molar-refractivity contribution in [2.45, 2.75) is 0 Å². The molecule has 3 heterocycles. The van der Waals surface area contributed by atoms with Gasteiger partial charge in [-0.3, -0.25) is 9.78 Å². The van der Waals surface area contributed by atoms with Crippen LogP contribution in [0.25, 0.3) is 27.8 Å². The Morgan fingerprint density at radius 3 is 2.76 bits per heavy atom. The second-order valence-electron chi connectivity index (χ2n) is 4.66. The second-order valence-corrected chi connectivity index (χ2v) is 5.58. The summed E-state index contributed by atoms with van der Waals surface area (Å²) in [6.07, 6.45) is 4.99. The molecule has 1 aromatic carbocycles. The topological polar surface area (TPSA) is 63.6 Å². The molecule has 0 spiro atoms. The number of pyridine rings is 2. The molecule has 5 nitrogen and oxygen atoms in total. The van der Waals surface area contributed by atoms with Crippen LogP contribution in [0.3, 0.4) is 0 Å². The third-order valence-corrected chi connectivity index (χ3v) is 3.89. The number of halogens is 1. The van der Waals surface area contributed by atoms with Crippen LogP contribution in [-0.2, 0) is 0 Å². The van der Waals surface area contributed by atoms with Crippen LogP contribution in [0.2, 0.25) is 0 Å². The molecule has 102 valence electrons. The van der Waals surface area contributed by atoms with Crippen LogP contribution in [0.4, 0.5) is 0 Å². The van der Waals surface area contributed by atoms with Crippen LogP contribution in [0, 0.1) is 0 Å². The molecule has 0 bridgehead atoms. The number of rotatable bonds is 1. The molecule has 6 heteroatoms. The van der Waals surface area contributed by atoms with E-state index in [1.165, 1.54) is 4.68 Å². The summed E-state index contributed by atoms with van der Waals surface area (Å²) < 4.78 is 2.38. The number of nitrogens with zero attached hydrogens (tertiary/aromatic N) is 3. The fourth-order valence-electron chi connectivity index (χ4n) is 2.40. The average molecular weight is 341 g/mol. The van der Waals surface area contributed by atoms with Crippen LogP contribution in [0.1, 0.15) is 0 Å². The highest BCUT2D eigenvalue weighted by Crippen LogP contribution is 2.27. The largest absolute Gasteiger partial charge is 0.360 e.